The minimum absolute atomic E-state index is 0.0859. The highest BCUT2D eigenvalue weighted by Crippen LogP contribution is 2.19. The molecule has 3 heteroatoms. The summed E-state index contributed by atoms with van der Waals surface area (Å²) in [7, 11) is 0. The molecule has 1 rings (SSSR count). The predicted molar refractivity (Wildman–Crippen MR) is 76.4 cm³/mol. The number of nitrogen functional groups attached to an aromatic ring is 1. The second kappa shape index (κ2) is 7.75. The van der Waals surface area contributed by atoms with Crippen LogP contribution in [-0.2, 0) is 0 Å². The molecule has 0 aliphatic rings. The van der Waals surface area contributed by atoms with Crippen LogP contribution in [0.4, 0.5) is 0 Å². The van der Waals surface area contributed by atoms with E-state index in [0.717, 1.165) is 29.9 Å². The number of hydrogen-bond donors (Lipinski definition) is 2. The fraction of sp³-hybridized carbons (Fsp3) is 0.533. The van der Waals surface area contributed by atoms with Crippen LogP contribution in [0.1, 0.15) is 50.2 Å². The maximum Gasteiger partial charge on any atom is 0.122 e. The molecule has 0 aromatic heterocycles. The number of benzene rings is 1. The van der Waals surface area contributed by atoms with Crippen LogP contribution in [0.2, 0.25) is 0 Å². The van der Waals surface area contributed by atoms with Gasteiger partial charge in [-0.1, -0.05) is 44.7 Å². The van der Waals surface area contributed by atoms with Crippen molar-refractivity contribution >= 4 is 5.84 Å². The number of amidine groups is 1. The van der Waals surface area contributed by atoms with E-state index in [1.54, 1.807) is 0 Å². The van der Waals surface area contributed by atoms with E-state index in [1.165, 1.54) is 25.7 Å². The van der Waals surface area contributed by atoms with Crippen molar-refractivity contribution in [3.8, 4) is 5.75 Å². The minimum Gasteiger partial charge on any atom is -0.493 e. The van der Waals surface area contributed by atoms with Gasteiger partial charge in [-0.05, 0) is 25.0 Å². The van der Waals surface area contributed by atoms with Crippen molar-refractivity contribution in [2.75, 3.05) is 6.61 Å². The summed E-state index contributed by atoms with van der Waals surface area (Å²) >= 11 is 0. The zero-order valence-electron chi connectivity index (χ0n) is 11.5. The van der Waals surface area contributed by atoms with E-state index in [0.29, 0.717) is 0 Å². The molecular formula is C15H24N2O. The maximum absolute atomic E-state index is 7.41. The zero-order chi connectivity index (χ0) is 13.4. The van der Waals surface area contributed by atoms with Gasteiger partial charge in [-0.15, -0.1) is 0 Å². The largest absolute Gasteiger partial charge is 0.493 e. The average molecular weight is 248 g/mol. The van der Waals surface area contributed by atoms with Crippen molar-refractivity contribution in [2.45, 2.75) is 46.0 Å². The Balaban J connectivity index is 2.41. The molecule has 0 aliphatic carbocycles. The second-order valence-electron chi connectivity index (χ2n) is 4.66. The van der Waals surface area contributed by atoms with Gasteiger partial charge in [0.1, 0.15) is 11.6 Å². The third-order valence-corrected chi connectivity index (χ3v) is 3.00. The van der Waals surface area contributed by atoms with Crippen molar-refractivity contribution < 1.29 is 4.74 Å². The highest BCUT2D eigenvalue weighted by Gasteiger charge is 2.03. The Morgan fingerprint density at radius 1 is 1.22 bits per heavy atom. The van der Waals surface area contributed by atoms with E-state index < -0.39 is 0 Å². The molecule has 1 aromatic carbocycles. The van der Waals surface area contributed by atoms with Gasteiger partial charge in [0.2, 0.25) is 0 Å². The monoisotopic (exact) mass is 248 g/mol. The quantitative estimate of drug-likeness (QED) is 0.419. The van der Waals surface area contributed by atoms with Crippen LogP contribution in [-0.4, -0.2) is 12.4 Å². The minimum atomic E-state index is 0.0859. The van der Waals surface area contributed by atoms with Gasteiger partial charge in [-0.25, -0.2) is 0 Å². The van der Waals surface area contributed by atoms with Crippen LogP contribution in [0.25, 0.3) is 0 Å². The molecule has 0 amide bonds. The molecular weight excluding hydrogens is 224 g/mol. The highest BCUT2D eigenvalue weighted by atomic mass is 16.5. The van der Waals surface area contributed by atoms with Crippen molar-refractivity contribution in [3.05, 3.63) is 29.3 Å². The van der Waals surface area contributed by atoms with E-state index in [4.69, 9.17) is 15.9 Å². The number of rotatable bonds is 8. The van der Waals surface area contributed by atoms with Gasteiger partial charge in [0.25, 0.3) is 0 Å². The summed E-state index contributed by atoms with van der Waals surface area (Å²) < 4.78 is 5.76. The van der Waals surface area contributed by atoms with Gasteiger partial charge >= 0.3 is 0 Å². The van der Waals surface area contributed by atoms with Gasteiger partial charge in [0.05, 0.1) is 6.61 Å². The molecule has 0 saturated carbocycles. The molecule has 3 nitrogen and oxygen atoms in total. The lowest BCUT2D eigenvalue weighted by Gasteiger charge is -2.10. The fourth-order valence-electron chi connectivity index (χ4n) is 1.81. The van der Waals surface area contributed by atoms with Crippen molar-refractivity contribution in [1.82, 2.24) is 0 Å². The molecule has 0 heterocycles. The van der Waals surface area contributed by atoms with Crippen molar-refractivity contribution in [2.24, 2.45) is 5.73 Å². The van der Waals surface area contributed by atoms with Gasteiger partial charge in [0, 0.05) is 5.56 Å². The number of ether oxygens (including phenoxy) is 1. The summed E-state index contributed by atoms with van der Waals surface area (Å²) in [6, 6.07) is 5.65. The Hall–Kier alpha value is -1.51. The Morgan fingerprint density at radius 2 is 1.94 bits per heavy atom. The number of hydrogen-bond acceptors (Lipinski definition) is 2. The Bertz CT molecular complexity index is 388. The van der Waals surface area contributed by atoms with Crippen LogP contribution in [0.3, 0.4) is 0 Å². The van der Waals surface area contributed by atoms with E-state index in [1.807, 2.05) is 25.1 Å². The lowest BCUT2D eigenvalue weighted by atomic mass is 10.1. The molecule has 0 unspecified atom stereocenters. The summed E-state index contributed by atoms with van der Waals surface area (Å²) in [5.41, 5.74) is 7.29. The van der Waals surface area contributed by atoms with Gasteiger partial charge in [-0.2, -0.15) is 0 Å². The van der Waals surface area contributed by atoms with Gasteiger partial charge in [-0.3, -0.25) is 5.41 Å². The molecule has 0 spiro atoms. The summed E-state index contributed by atoms with van der Waals surface area (Å²) in [6.07, 6.45) is 6.16. The van der Waals surface area contributed by atoms with Crippen LogP contribution in [0, 0.1) is 12.3 Å². The third-order valence-electron chi connectivity index (χ3n) is 3.00. The number of aryl methyl sites for hydroxylation is 1. The van der Waals surface area contributed by atoms with Crippen LogP contribution in [0.5, 0.6) is 5.75 Å². The molecule has 0 fully saturated rings. The van der Waals surface area contributed by atoms with Crippen molar-refractivity contribution in [3.63, 3.8) is 0 Å². The maximum atomic E-state index is 7.41. The molecule has 0 atom stereocenters. The summed E-state index contributed by atoms with van der Waals surface area (Å²) in [5.74, 6) is 0.931. The first-order chi connectivity index (χ1) is 8.65. The first-order valence-corrected chi connectivity index (χ1v) is 6.73. The molecule has 0 saturated heterocycles. The first-order valence-electron chi connectivity index (χ1n) is 6.73. The molecule has 0 radical (unpaired) electrons. The Kier molecular flexibility index (Phi) is 6.26. The standard InChI is InChI=1S/C15H24N2O/c1-3-4-5-6-7-10-18-14-11-13(15(16)17)9-8-12(14)2/h8-9,11H,3-7,10H2,1-2H3,(H3,16,17). The topological polar surface area (TPSA) is 59.1 Å². The van der Waals surface area contributed by atoms with E-state index >= 15 is 0 Å². The molecule has 18 heavy (non-hydrogen) atoms. The first kappa shape index (κ1) is 14.6. The number of nitrogens with two attached hydrogens (primary N) is 1. The lowest BCUT2D eigenvalue weighted by molar-refractivity contribution is 0.302. The van der Waals surface area contributed by atoms with E-state index in [2.05, 4.69) is 6.92 Å². The lowest BCUT2D eigenvalue weighted by Crippen LogP contribution is -2.11. The summed E-state index contributed by atoms with van der Waals surface area (Å²) in [5, 5.41) is 7.41. The molecule has 3 N–H and O–H groups in total. The van der Waals surface area contributed by atoms with Gasteiger partial charge in [0.15, 0.2) is 0 Å². The molecule has 0 aliphatic heterocycles. The number of unbranched alkanes of at least 4 members (excludes halogenated alkanes) is 4. The SMILES string of the molecule is CCCCCCCOc1cc(C(=N)N)ccc1C. The van der Waals surface area contributed by atoms with Crippen LogP contribution in [0.15, 0.2) is 18.2 Å². The fourth-order valence-corrected chi connectivity index (χ4v) is 1.81. The molecule has 100 valence electrons. The Morgan fingerprint density at radius 3 is 2.61 bits per heavy atom. The third kappa shape index (κ3) is 4.78. The van der Waals surface area contributed by atoms with Gasteiger partial charge < -0.3 is 10.5 Å². The van der Waals surface area contributed by atoms with E-state index in [-0.39, 0.29) is 5.84 Å². The zero-order valence-corrected chi connectivity index (χ0v) is 11.5. The normalized spacial score (nSPS) is 10.3. The van der Waals surface area contributed by atoms with E-state index in [9.17, 15) is 0 Å². The Labute approximate surface area is 110 Å². The van der Waals surface area contributed by atoms with Crippen molar-refractivity contribution in [1.29, 1.82) is 5.41 Å². The summed E-state index contributed by atoms with van der Waals surface area (Å²) in [4.78, 5) is 0. The summed E-state index contributed by atoms with van der Waals surface area (Å²) in [6.45, 7) is 4.97. The predicted octanol–water partition coefficient (Wildman–Crippen LogP) is 3.63. The highest BCUT2D eigenvalue weighted by molar-refractivity contribution is 5.95. The van der Waals surface area contributed by atoms with Crippen LogP contribution < -0.4 is 10.5 Å². The smallest absolute Gasteiger partial charge is 0.122 e. The average Bonchev–Trinajstić information content (AvgIpc) is 2.35. The molecule has 0 bridgehead atoms. The number of nitrogens with one attached hydrogen (secondary N) is 1. The van der Waals surface area contributed by atoms with Crippen LogP contribution >= 0.6 is 0 Å². The molecule has 1 aromatic rings. The second-order valence-corrected chi connectivity index (χ2v) is 4.66.